The highest BCUT2D eigenvalue weighted by Crippen LogP contribution is 2.39. The molecule has 0 saturated heterocycles. The van der Waals surface area contributed by atoms with Gasteiger partial charge in [0.2, 0.25) is 5.91 Å². The Hall–Kier alpha value is -1.26. The maximum atomic E-state index is 11.6. The lowest BCUT2D eigenvalue weighted by atomic mass is 9.95. The number of carbonyl (C=O) groups excluding carboxylic acids is 2. The van der Waals surface area contributed by atoms with Crippen molar-refractivity contribution in [3.8, 4) is 0 Å². The fourth-order valence-corrected chi connectivity index (χ4v) is 1.98. The van der Waals surface area contributed by atoms with Crippen molar-refractivity contribution in [2.45, 2.75) is 58.6 Å². The Morgan fingerprint density at radius 1 is 1.22 bits per heavy atom. The van der Waals surface area contributed by atoms with Gasteiger partial charge in [0.15, 0.2) is 0 Å². The molecule has 18 heavy (non-hydrogen) atoms. The Kier molecular flexibility index (Phi) is 4.24. The Morgan fingerprint density at radius 3 is 2.17 bits per heavy atom. The summed E-state index contributed by atoms with van der Waals surface area (Å²) in [6.45, 7) is 9.31. The average molecular weight is 256 g/mol. The molecule has 0 aromatic heterocycles. The molecule has 1 unspecified atom stereocenters. The van der Waals surface area contributed by atoms with E-state index in [-0.39, 0.29) is 11.4 Å². The Balaban J connectivity index is 2.47. The zero-order valence-corrected chi connectivity index (χ0v) is 11.9. The van der Waals surface area contributed by atoms with E-state index in [1.807, 2.05) is 27.7 Å². The van der Waals surface area contributed by atoms with Gasteiger partial charge in [-0.05, 0) is 46.5 Å². The highest BCUT2D eigenvalue weighted by atomic mass is 16.6. The molecule has 1 saturated carbocycles. The molecule has 1 atom stereocenters. The van der Waals surface area contributed by atoms with Gasteiger partial charge in [0.1, 0.15) is 5.60 Å². The molecule has 1 aliphatic rings. The van der Waals surface area contributed by atoms with E-state index < -0.39 is 11.7 Å². The van der Waals surface area contributed by atoms with Gasteiger partial charge < -0.3 is 15.4 Å². The second-order valence-electron chi connectivity index (χ2n) is 6.23. The van der Waals surface area contributed by atoms with E-state index in [1.165, 1.54) is 6.92 Å². The van der Waals surface area contributed by atoms with E-state index in [1.54, 1.807) is 0 Å². The van der Waals surface area contributed by atoms with Crippen LogP contribution in [0.1, 0.15) is 47.5 Å². The minimum absolute atomic E-state index is 0.0737. The molecular formula is C13H24N2O3. The van der Waals surface area contributed by atoms with Gasteiger partial charge in [-0.3, -0.25) is 4.79 Å². The second-order valence-corrected chi connectivity index (χ2v) is 6.23. The number of nitrogens with one attached hydrogen (secondary N) is 2. The number of hydrogen-bond acceptors (Lipinski definition) is 3. The van der Waals surface area contributed by atoms with E-state index in [2.05, 4.69) is 10.6 Å². The smallest absolute Gasteiger partial charge is 0.407 e. The molecule has 1 fully saturated rings. The Bertz CT molecular complexity index is 332. The number of carbonyl (C=O) groups is 2. The van der Waals surface area contributed by atoms with Crippen LogP contribution in [0.3, 0.4) is 0 Å². The van der Waals surface area contributed by atoms with E-state index >= 15 is 0 Å². The molecule has 0 bridgehead atoms. The van der Waals surface area contributed by atoms with Crippen LogP contribution in [0.25, 0.3) is 0 Å². The molecule has 0 spiro atoms. The number of amides is 2. The summed E-state index contributed by atoms with van der Waals surface area (Å²) in [6, 6.07) is 0. The van der Waals surface area contributed by atoms with Crippen LogP contribution < -0.4 is 10.6 Å². The highest BCUT2D eigenvalue weighted by Gasteiger charge is 2.42. The largest absolute Gasteiger partial charge is 0.444 e. The summed E-state index contributed by atoms with van der Waals surface area (Å²) < 4.78 is 5.18. The Labute approximate surface area is 109 Å². The molecule has 0 heterocycles. The number of hydrogen-bond donors (Lipinski definition) is 2. The lowest BCUT2D eigenvalue weighted by molar-refractivity contribution is -0.120. The van der Waals surface area contributed by atoms with E-state index in [9.17, 15) is 9.59 Å². The molecule has 5 heteroatoms. The molecule has 5 nitrogen and oxygen atoms in total. The maximum Gasteiger partial charge on any atom is 0.407 e. The minimum Gasteiger partial charge on any atom is -0.444 e. The van der Waals surface area contributed by atoms with Gasteiger partial charge in [-0.1, -0.05) is 0 Å². The van der Waals surface area contributed by atoms with Crippen molar-refractivity contribution < 1.29 is 14.3 Å². The van der Waals surface area contributed by atoms with Crippen molar-refractivity contribution >= 4 is 12.0 Å². The van der Waals surface area contributed by atoms with Crippen LogP contribution >= 0.6 is 0 Å². The third kappa shape index (κ3) is 4.94. The van der Waals surface area contributed by atoms with Gasteiger partial charge in [0, 0.05) is 13.5 Å². The van der Waals surface area contributed by atoms with Crippen LogP contribution in [-0.4, -0.2) is 29.7 Å². The fourth-order valence-electron chi connectivity index (χ4n) is 1.98. The van der Waals surface area contributed by atoms with Crippen LogP contribution in [0, 0.1) is 5.92 Å². The lowest BCUT2D eigenvalue weighted by Gasteiger charge is -2.31. The summed E-state index contributed by atoms with van der Waals surface area (Å²) in [6.07, 6.45) is 1.74. The topological polar surface area (TPSA) is 67.4 Å². The van der Waals surface area contributed by atoms with Gasteiger partial charge in [-0.25, -0.2) is 4.79 Å². The first-order chi connectivity index (χ1) is 8.12. The van der Waals surface area contributed by atoms with Crippen LogP contribution in [0.15, 0.2) is 0 Å². The van der Waals surface area contributed by atoms with E-state index in [4.69, 9.17) is 4.74 Å². The summed E-state index contributed by atoms with van der Waals surface area (Å²) in [5.41, 5.74) is -0.878. The number of alkyl carbamates (subject to hydrolysis) is 1. The molecule has 2 amide bonds. The molecule has 1 aliphatic carbocycles. The van der Waals surface area contributed by atoms with Crippen molar-refractivity contribution in [2.75, 3.05) is 6.54 Å². The molecule has 0 aliphatic heterocycles. The van der Waals surface area contributed by atoms with Crippen molar-refractivity contribution in [3.05, 3.63) is 0 Å². The zero-order valence-electron chi connectivity index (χ0n) is 11.9. The summed E-state index contributed by atoms with van der Waals surface area (Å²) >= 11 is 0. The molecule has 0 aromatic rings. The average Bonchev–Trinajstić information content (AvgIpc) is 2.93. The van der Waals surface area contributed by atoms with Gasteiger partial charge >= 0.3 is 6.09 Å². The molecule has 0 aromatic carbocycles. The van der Waals surface area contributed by atoms with Crippen molar-refractivity contribution in [1.29, 1.82) is 0 Å². The normalized spacial score (nSPS) is 18.7. The van der Waals surface area contributed by atoms with Gasteiger partial charge in [0.25, 0.3) is 0 Å². The van der Waals surface area contributed by atoms with Crippen LogP contribution in [0.4, 0.5) is 4.79 Å². The van der Waals surface area contributed by atoms with Crippen molar-refractivity contribution in [3.63, 3.8) is 0 Å². The highest BCUT2D eigenvalue weighted by molar-refractivity contribution is 5.74. The molecule has 0 radical (unpaired) electrons. The zero-order chi connectivity index (χ0) is 14.0. The SMILES string of the molecule is CC(=O)NC(C)(CNC(=O)OC(C)(C)C)C1CC1. The standard InChI is InChI=1S/C13H24N2O3/c1-9(16)15-13(5,10-6-7-10)8-14-11(17)18-12(2,3)4/h10H,6-8H2,1-5H3,(H,14,17)(H,15,16). The molecule has 1 rings (SSSR count). The first-order valence-electron chi connectivity index (χ1n) is 6.38. The third-order valence-electron chi connectivity index (χ3n) is 2.94. The first kappa shape index (κ1) is 14.8. The summed E-state index contributed by atoms with van der Waals surface area (Å²) in [5.74, 6) is 0.367. The predicted molar refractivity (Wildman–Crippen MR) is 69.2 cm³/mol. The van der Waals surface area contributed by atoms with E-state index in [0.717, 1.165) is 12.8 Å². The minimum atomic E-state index is -0.506. The summed E-state index contributed by atoms with van der Waals surface area (Å²) in [7, 11) is 0. The predicted octanol–water partition coefficient (Wildman–Crippen LogP) is 1.82. The van der Waals surface area contributed by atoms with Crippen LogP contribution in [0.5, 0.6) is 0 Å². The first-order valence-corrected chi connectivity index (χ1v) is 6.38. The van der Waals surface area contributed by atoms with Gasteiger partial charge in [-0.2, -0.15) is 0 Å². The molecular weight excluding hydrogens is 232 g/mol. The summed E-state index contributed by atoms with van der Waals surface area (Å²) in [5, 5.41) is 5.66. The molecule has 2 N–H and O–H groups in total. The maximum absolute atomic E-state index is 11.6. The van der Waals surface area contributed by atoms with Gasteiger partial charge in [0.05, 0.1) is 5.54 Å². The third-order valence-corrected chi connectivity index (χ3v) is 2.94. The quantitative estimate of drug-likeness (QED) is 0.806. The van der Waals surface area contributed by atoms with Crippen molar-refractivity contribution in [1.82, 2.24) is 10.6 Å². The van der Waals surface area contributed by atoms with Crippen LogP contribution in [-0.2, 0) is 9.53 Å². The second kappa shape index (κ2) is 5.16. The number of rotatable bonds is 4. The van der Waals surface area contributed by atoms with Crippen molar-refractivity contribution in [2.24, 2.45) is 5.92 Å². The number of ether oxygens (including phenoxy) is 1. The summed E-state index contributed by atoms with van der Waals surface area (Å²) in [4.78, 5) is 22.8. The van der Waals surface area contributed by atoms with Gasteiger partial charge in [-0.15, -0.1) is 0 Å². The molecule has 104 valence electrons. The monoisotopic (exact) mass is 256 g/mol. The Morgan fingerprint density at radius 2 is 1.78 bits per heavy atom. The van der Waals surface area contributed by atoms with E-state index in [0.29, 0.717) is 12.5 Å². The lowest BCUT2D eigenvalue weighted by Crippen LogP contribution is -2.55. The fraction of sp³-hybridized carbons (Fsp3) is 0.846. The van der Waals surface area contributed by atoms with Crippen LogP contribution in [0.2, 0.25) is 0 Å².